The minimum atomic E-state index is -0.781. The molecule has 1 saturated heterocycles. The van der Waals surface area contributed by atoms with E-state index in [1.165, 1.54) is 0 Å². The molecule has 38 heavy (non-hydrogen) atoms. The number of β-lactam (4-membered cyclic amide) rings is 1. The van der Waals surface area contributed by atoms with E-state index in [0.717, 1.165) is 22.0 Å². The van der Waals surface area contributed by atoms with Crippen LogP contribution in [0, 0.1) is 0 Å². The zero-order valence-electron chi connectivity index (χ0n) is 20.2. The van der Waals surface area contributed by atoms with Gasteiger partial charge in [0.1, 0.15) is 11.8 Å². The molecule has 1 fully saturated rings. The molecule has 5 aromatic carbocycles. The maximum Gasteiger partial charge on any atom is 0.271 e. The molecule has 0 saturated carbocycles. The maximum absolute atomic E-state index is 13.6. The van der Waals surface area contributed by atoms with Crippen LogP contribution < -0.4 is 9.64 Å². The number of carbonyl (C=O) groups excluding carboxylic acids is 3. The number of ether oxygens (including phenoxy) is 1. The zero-order valence-corrected chi connectivity index (χ0v) is 20.2. The monoisotopic (exact) mass is 495 g/mol. The van der Waals surface area contributed by atoms with Crippen LogP contribution in [0.2, 0.25) is 0 Å². The third kappa shape index (κ3) is 3.29. The standard InChI is InChI=1S/C33H21NO4/c35-30-24-14-6-7-15-25(24)31(36)27-19-21(17-18-26(27)30)29-32(38-22-11-2-1-3-12-22)33(37)34(29)28-16-8-10-20-9-4-5-13-23(20)28/h1-19,29,32H/t29-,32-/m0/s1. The summed E-state index contributed by atoms with van der Waals surface area (Å²) in [4.78, 5) is 42.0. The van der Waals surface area contributed by atoms with Crippen LogP contribution in [-0.2, 0) is 4.79 Å². The van der Waals surface area contributed by atoms with E-state index in [9.17, 15) is 14.4 Å². The van der Waals surface area contributed by atoms with Gasteiger partial charge in [0.15, 0.2) is 11.6 Å². The molecule has 0 bridgehead atoms. The molecule has 2 atom stereocenters. The lowest BCUT2D eigenvalue weighted by Gasteiger charge is -2.47. The molecule has 0 N–H and O–H groups in total. The second kappa shape index (κ2) is 8.53. The first-order chi connectivity index (χ1) is 18.6. The Hall–Kier alpha value is -5.03. The van der Waals surface area contributed by atoms with Gasteiger partial charge in [0, 0.05) is 27.6 Å². The molecule has 0 aromatic heterocycles. The molecule has 182 valence electrons. The van der Waals surface area contributed by atoms with Crippen LogP contribution in [0.1, 0.15) is 43.4 Å². The number of fused-ring (bicyclic) bond motifs is 3. The number of ketones is 2. The van der Waals surface area contributed by atoms with Gasteiger partial charge < -0.3 is 4.74 Å². The Morgan fingerprint density at radius 1 is 0.579 bits per heavy atom. The van der Waals surface area contributed by atoms with Gasteiger partial charge in [-0.05, 0) is 41.3 Å². The Morgan fingerprint density at radius 2 is 1.21 bits per heavy atom. The Kier molecular flexibility index (Phi) is 4.98. The number of anilines is 1. The molecular formula is C33H21NO4. The van der Waals surface area contributed by atoms with E-state index in [1.54, 1.807) is 41.3 Å². The summed E-state index contributed by atoms with van der Waals surface area (Å²) in [7, 11) is 0. The summed E-state index contributed by atoms with van der Waals surface area (Å²) >= 11 is 0. The molecule has 1 aliphatic heterocycles. The summed E-state index contributed by atoms with van der Waals surface area (Å²) in [5.74, 6) is 0.0570. The number of nitrogens with zero attached hydrogens (tertiary/aromatic N) is 1. The van der Waals surface area contributed by atoms with E-state index in [2.05, 4.69) is 0 Å². The third-order valence-electron chi connectivity index (χ3n) is 7.37. The van der Waals surface area contributed by atoms with Crippen molar-refractivity contribution in [3.05, 3.63) is 143 Å². The van der Waals surface area contributed by atoms with Crippen molar-refractivity contribution in [3.63, 3.8) is 0 Å². The number of benzene rings is 5. The first kappa shape index (κ1) is 22.2. The second-order valence-corrected chi connectivity index (χ2v) is 9.51. The molecule has 0 radical (unpaired) electrons. The Bertz CT molecular complexity index is 1770. The van der Waals surface area contributed by atoms with Crippen LogP contribution in [0.15, 0.2) is 115 Å². The number of para-hydroxylation sites is 1. The normalized spacial score (nSPS) is 18.1. The fraction of sp³-hybridized carbons (Fsp3) is 0.0606. The molecule has 5 heteroatoms. The van der Waals surface area contributed by atoms with Crippen molar-refractivity contribution in [2.24, 2.45) is 0 Å². The molecule has 1 aliphatic carbocycles. The van der Waals surface area contributed by atoms with Crippen LogP contribution in [0.25, 0.3) is 10.8 Å². The van der Waals surface area contributed by atoms with Gasteiger partial charge in [-0.1, -0.05) is 84.9 Å². The molecule has 0 spiro atoms. The molecule has 5 aromatic rings. The highest BCUT2D eigenvalue weighted by atomic mass is 16.5. The Balaban J connectivity index is 1.36. The van der Waals surface area contributed by atoms with E-state index in [1.807, 2.05) is 78.9 Å². The van der Waals surface area contributed by atoms with Crippen molar-refractivity contribution in [1.82, 2.24) is 0 Å². The Labute approximate surface area is 218 Å². The van der Waals surface area contributed by atoms with Crippen molar-refractivity contribution in [2.45, 2.75) is 12.1 Å². The first-order valence-corrected chi connectivity index (χ1v) is 12.5. The predicted molar refractivity (Wildman–Crippen MR) is 145 cm³/mol. The SMILES string of the molecule is O=C1c2ccccc2C(=O)c2cc([C@H]3[C@H](Oc4ccccc4)C(=O)N3c3cccc4ccccc34)ccc21. The number of rotatable bonds is 4. The van der Waals surface area contributed by atoms with Gasteiger partial charge in [-0.2, -0.15) is 0 Å². The highest BCUT2D eigenvalue weighted by molar-refractivity contribution is 6.28. The van der Waals surface area contributed by atoms with Gasteiger partial charge in [-0.25, -0.2) is 0 Å². The summed E-state index contributed by atoms with van der Waals surface area (Å²) in [6, 6.07) is 34.7. The summed E-state index contributed by atoms with van der Waals surface area (Å²) in [6.07, 6.45) is -0.781. The van der Waals surface area contributed by atoms with Crippen LogP contribution in [0.3, 0.4) is 0 Å². The lowest BCUT2D eigenvalue weighted by molar-refractivity contribution is -0.135. The summed E-state index contributed by atoms with van der Waals surface area (Å²) in [6.45, 7) is 0. The number of carbonyl (C=O) groups is 3. The smallest absolute Gasteiger partial charge is 0.271 e. The van der Waals surface area contributed by atoms with E-state index < -0.39 is 12.1 Å². The minimum Gasteiger partial charge on any atom is -0.478 e. The van der Waals surface area contributed by atoms with Crippen molar-refractivity contribution < 1.29 is 19.1 Å². The molecule has 7 rings (SSSR count). The van der Waals surface area contributed by atoms with Crippen LogP contribution in [-0.4, -0.2) is 23.6 Å². The van der Waals surface area contributed by atoms with Gasteiger partial charge in [0.2, 0.25) is 6.10 Å². The van der Waals surface area contributed by atoms with Gasteiger partial charge in [-0.15, -0.1) is 0 Å². The molecule has 1 amide bonds. The van der Waals surface area contributed by atoms with Gasteiger partial charge >= 0.3 is 0 Å². The molecule has 5 nitrogen and oxygen atoms in total. The van der Waals surface area contributed by atoms with Crippen LogP contribution >= 0.6 is 0 Å². The highest BCUT2D eigenvalue weighted by Crippen LogP contribution is 2.44. The van der Waals surface area contributed by atoms with Crippen LogP contribution in [0.5, 0.6) is 5.75 Å². The van der Waals surface area contributed by atoms with E-state index >= 15 is 0 Å². The summed E-state index contributed by atoms with van der Waals surface area (Å²) in [5, 5.41) is 1.97. The van der Waals surface area contributed by atoms with Gasteiger partial charge in [0.25, 0.3) is 5.91 Å². The first-order valence-electron chi connectivity index (χ1n) is 12.5. The predicted octanol–water partition coefficient (Wildman–Crippen LogP) is 6.15. The van der Waals surface area contributed by atoms with Crippen molar-refractivity contribution >= 4 is 33.9 Å². The third-order valence-corrected chi connectivity index (χ3v) is 7.37. The van der Waals surface area contributed by atoms with Crippen molar-refractivity contribution in [1.29, 1.82) is 0 Å². The van der Waals surface area contributed by atoms with Crippen molar-refractivity contribution in [3.8, 4) is 5.75 Å². The Morgan fingerprint density at radius 3 is 2.00 bits per heavy atom. The second-order valence-electron chi connectivity index (χ2n) is 9.51. The summed E-state index contributed by atoms with van der Waals surface area (Å²) in [5.41, 5.74) is 3.05. The fourth-order valence-electron chi connectivity index (χ4n) is 5.53. The summed E-state index contributed by atoms with van der Waals surface area (Å²) < 4.78 is 6.20. The largest absolute Gasteiger partial charge is 0.478 e. The van der Waals surface area contributed by atoms with Gasteiger partial charge in [0.05, 0.1) is 5.69 Å². The minimum absolute atomic E-state index is 0.166. The van der Waals surface area contributed by atoms with Crippen LogP contribution in [0.4, 0.5) is 5.69 Å². The number of amides is 1. The molecular weight excluding hydrogens is 474 g/mol. The average molecular weight is 496 g/mol. The highest BCUT2D eigenvalue weighted by Gasteiger charge is 2.51. The molecule has 2 aliphatic rings. The van der Waals surface area contributed by atoms with Crippen molar-refractivity contribution in [2.75, 3.05) is 4.90 Å². The average Bonchev–Trinajstić information content (AvgIpc) is 2.97. The zero-order chi connectivity index (χ0) is 25.8. The lowest BCUT2D eigenvalue weighted by Crippen LogP contribution is -2.61. The topological polar surface area (TPSA) is 63.7 Å². The fourth-order valence-corrected chi connectivity index (χ4v) is 5.53. The van der Waals surface area contributed by atoms with Gasteiger partial charge in [-0.3, -0.25) is 19.3 Å². The number of hydrogen-bond donors (Lipinski definition) is 0. The van der Waals surface area contributed by atoms with E-state index in [0.29, 0.717) is 28.0 Å². The maximum atomic E-state index is 13.6. The number of hydrogen-bond acceptors (Lipinski definition) is 4. The quantitative estimate of drug-likeness (QED) is 0.275. The lowest BCUT2D eigenvalue weighted by atomic mass is 9.81. The van der Waals surface area contributed by atoms with E-state index in [-0.39, 0.29) is 17.5 Å². The molecule has 1 heterocycles. The van der Waals surface area contributed by atoms with E-state index in [4.69, 9.17) is 4.74 Å². The molecule has 0 unspecified atom stereocenters.